The van der Waals surface area contributed by atoms with Crippen molar-refractivity contribution in [3.63, 3.8) is 0 Å². The number of rotatable bonds is 3. The maximum atomic E-state index is 12.3. The number of nitrogens with zero attached hydrogens (tertiary/aromatic N) is 2. The van der Waals surface area contributed by atoms with E-state index in [1.165, 1.54) is 11.3 Å². The molecule has 8 heteroatoms. The van der Waals surface area contributed by atoms with Crippen LogP contribution < -0.4 is 5.32 Å². The molecule has 1 aromatic heterocycles. The fourth-order valence-electron chi connectivity index (χ4n) is 3.75. The van der Waals surface area contributed by atoms with Gasteiger partial charge in [0, 0.05) is 30.8 Å². The molecule has 1 N–H and O–H groups in total. The standard InChI is InChI=1S/C17H23N3O4S/c1-11-2-3-12-13(8-11)25-15(18-12)19-14(21)9-20-6-4-17(5-7-20)10-23-16(22)24-17/h11H,2-10H2,1H3,(H,18,19,21). The first-order valence-electron chi connectivity index (χ1n) is 8.88. The summed E-state index contributed by atoms with van der Waals surface area (Å²) in [5, 5.41) is 3.66. The van der Waals surface area contributed by atoms with Gasteiger partial charge in [0.15, 0.2) is 10.7 Å². The van der Waals surface area contributed by atoms with Gasteiger partial charge in [-0.1, -0.05) is 6.92 Å². The van der Waals surface area contributed by atoms with Crippen LogP contribution in [0.15, 0.2) is 0 Å². The Balaban J connectivity index is 1.28. The van der Waals surface area contributed by atoms with Crippen molar-refractivity contribution < 1.29 is 19.1 Å². The molecule has 2 aliphatic heterocycles. The number of hydrogen-bond acceptors (Lipinski definition) is 7. The van der Waals surface area contributed by atoms with E-state index in [2.05, 4.69) is 22.1 Å². The summed E-state index contributed by atoms with van der Waals surface area (Å²) in [5.41, 5.74) is 0.677. The molecule has 0 saturated carbocycles. The summed E-state index contributed by atoms with van der Waals surface area (Å²) in [7, 11) is 0. The molecule has 2 fully saturated rings. The van der Waals surface area contributed by atoms with Crippen LogP contribution in [-0.4, -0.2) is 53.8 Å². The Labute approximate surface area is 150 Å². The van der Waals surface area contributed by atoms with Gasteiger partial charge in [-0.05, 0) is 25.2 Å². The highest BCUT2D eigenvalue weighted by Gasteiger charge is 2.44. The number of aryl methyl sites for hydroxylation is 1. The van der Waals surface area contributed by atoms with Crippen LogP contribution in [0.25, 0.3) is 0 Å². The first kappa shape index (κ1) is 16.8. The molecule has 1 spiro atoms. The average Bonchev–Trinajstić information content (AvgIpc) is 3.12. The minimum atomic E-state index is -0.576. The highest BCUT2D eigenvalue weighted by molar-refractivity contribution is 7.15. The number of thiazole rings is 1. The molecule has 1 aliphatic carbocycles. The molecule has 136 valence electrons. The summed E-state index contributed by atoms with van der Waals surface area (Å²) in [5.74, 6) is 0.667. The van der Waals surface area contributed by atoms with Crippen molar-refractivity contribution >= 4 is 28.5 Å². The molecule has 7 nitrogen and oxygen atoms in total. The summed E-state index contributed by atoms with van der Waals surface area (Å²) in [6.07, 6.45) is 4.09. The second-order valence-corrected chi connectivity index (χ2v) is 8.47. The van der Waals surface area contributed by atoms with E-state index in [1.807, 2.05) is 0 Å². The predicted molar refractivity (Wildman–Crippen MR) is 92.8 cm³/mol. The van der Waals surface area contributed by atoms with E-state index in [-0.39, 0.29) is 5.91 Å². The average molecular weight is 365 g/mol. The minimum Gasteiger partial charge on any atom is -0.430 e. The van der Waals surface area contributed by atoms with E-state index < -0.39 is 11.8 Å². The van der Waals surface area contributed by atoms with Crippen LogP contribution in [0.5, 0.6) is 0 Å². The fourth-order valence-corrected chi connectivity index (χ4v) is 4.93. The van der Waals surface area contributed by atoms with Crippen LogP contribution in [0.1, 0.15) is 36.8 Å². The van der Waals surface area contributed by atoms with Gasteiger partial charge in [-0.3, -0.25) is 9.69 Å². The van der Waals surface area contributed by atoms with E-state index in [9.17, 15) is 9.59 Å². The quantitative estimate of drug-likeness (QED) is 0.827. The maximum absolute atomic E-state index is 12.3. The number of hydrogen-bond donors (Lipinski definition) is 1. The summed E-state index contributed by atoms with van der Waals surface area (Å²) in [4.78, 5) is 31.5. The number of aromatic nitrogens is 1. The van der Waals surface area contributed by atoms with E-state index in [4.69, 9.17) is 9.47 Å². The molecule has 3 aliphatic rings. The largest absolute Gasteiger partial charge is 0.509 e. The van der Waals surface area contributed by atoms with Gasteiger partial charge >= 0.3 is 6.16 Å². The second kappa shape index (κ2) is 6.57. The van der Waals surface area contributed by atoms with Gasteiger partial charge in [0.1, 0.15) is 6.61 Å². The number of ether oxygens (including phenoxy) is 2. The Bertz CT molecular complexity index is 681. The summed E-state index contributed by atoms with van der Waals surface area (Å²) >= 11 is 1.61. The van der Waals surface area contributed by atoms with E-state index >= 15 is 0 Å². The number of carbonyl (C=O) groups is 2. The number of nitrogens with one attached hydrogen (secondary N) is 1. The van der Waals surface area contributed by atoms with Gasteiger partial charge in [0.25, 0.3) is 0 Å². The molecular formula is C17H23N3O4S. The van der Waals surface area contributed by atoms with E-state index in [0.717, 1.165) is 36.8 Å². The van der Waals surface area contributed by atoms with Crippen molar-refractivity contribution in [1.82, 2.24) is 9.88 Å². The van der Waals surface area contributed by atoms with Gasteiger partial charge < -0.3 is 14.8 Å². The molecule has 1 aromatic rings. The molecular weight excluding hydrogens is 342 g/mol. The highest BCUT2D eigenvalue weighted by Crippen LogP contribution is 2.33. The zero-order chi connectivity index (χ0) is 17.4. The normalized spacial score (nSPS) is 25.3. The zero-order valence-electron chi connectivity index (χ0n) is 14.4. The summed E-state index contributed by atoms with van der Waals surface area (Å²) in [6, 6.07) is 0. The zero-order valence-corrected chi connectivity index (χ0v) is 15.2. The van der Waals surface area contributed by atoms with Crippen LogP contribution in [0.3, 0.4) is 0 Å². The highest BCUT2D eigenvalue weighted by atomic mass is 32.1. The number of anilines is 1. The Morgan fingerprint density at radius 3 is 2.96 bits per heavy atom. The van der Waals surface area contributed by atoms with Gasteiger partial charge in [-0.25, -0.2) is 9.78 Å². The molecule has 0 aromatic carbocycles. The first-order chi connectivity index (χ1) is 12.0. The molecule has 2 saturated heterocycles. The Hall–Kier alpha value is -1.67. The van der Waals surface area contributed by atoms with E-state index in [1.54, 1.807) is 11.3 Å². The molecule has 1 amide bonds. The number of fused-ring (bicyclic) bond motifs is 1. The fraction of sp³-hybridized carbons (Fsp3) is 0.706. The Morgan fingerprint density at radius 1 is 1.44 bits per heavy atom. The van der Waals surface area contributed by atoms with Crippen molar-refractivity contribution in [3.05, 3.63) is 10.6 Å². The lowest BCUT2D eigenvalue weighted by molar-refractivity contribution is -0.118. The second-order valence-electron chi connectivity index (χ2n) is 7.38. The monoisotopic (exact) mass is 365 g/mol. The molecule has 4 rings (SSSR count). The summed E-state index contributed by atoms with van der Waals surface area (Å²) in [6.45, 7) is 4.36. The lowest BCUT2D eigenvalue weighted by Crippen LogP contribution is -2.48. The van der Waals surface area contributed by atoms with Gasteiger partial charge in [0.2, 0.25) is 5.91 Å². The number of amides is 1. The predicted octanol–water partition coefficient (Wildman–Crippen LogP) is 2.21. The molecule has 0 bridgehead atoms. The topological polar surface area (TPSA) is 80.8 Å². The molecule has 1 unspecified atom stereocenters. The Kier molecular flexibility index (Phi) is 4.41. The SMILES string of the molecule is CC1CCc2nc(NC(=O)CN3CCC4(CC3)COC(=O)O4)sc2C1. The van der Waals surface area contributed by atoms with Gasteiger partial charge in [-0.15, -0.1) is 11.3 Å². The number of carbonyl (C=O) groups excluding carboxylic acids is 2. The van der Waals surface area contributed by atoms with Crippen LogP contribution in [-0.2, 0) is 27.1 Å². The number of piperidine rings is 1. The minimum absolute atomic E-state index is 0.0326. The van der Waals surface area contributed by atoms with Crippen LogP contribution in [0, 0.1) is 5.92 Å². The van der Waals surface area contributed by atoms with Gasteiger partial charge in [-0.2, -0.15) is 0 Å². The lowest BCUT2D eigenvalue weighted by Gasteiger charge is -2.35. The van der Waals surface area contributed by atoms with Crippen molar-refractivity contribution in [2.24, 2.45) is 5.92 Å². The first-order valence-corrected chi connectivity index (χ1v) is 9.70. The number of likely N-dealkylation sites (tertiary alicyclic amines) is 1. The van der Waals surface area contributed by atoms with E-state index in [0.29, 0.717) is 31.9 Å². The Morgan fingerprint density at radius 2 is 2.24 bits per heavy atom. The lowest BCUT2D eigenvalue weighted by atomic mass is 9.92. The third-order valence-electron chi connectivity index (χ3n) is 5.32. The molecule has 0 radical (unpaired) electrons. The summed E-state index contributed by atoms with van der Waals surface area (Å²) < 4.78 is 10.2. The maximum Gasteiger partial charge on any atom is 0.509 e. The van der Waals surface area contributed by atoms with Crippen LogP contribution in [0.2, 0.25) is 0 Å². The number of cyclic esters (lactones) is 1. The van der Waals surface area contributed by atoms with Crippen LogP contribution in [0.4, 0.5) is 9.93 Å². The molecule has 3 heterocycles. The molecule has 1 atom stereocenters. The van der Waals surface area contributed by atoms with Crippen molar-refractivity contribution in [2.75, 3.05) is 31.6 Å². The van der Waals surface area contributed by atoms with Crippen LogP contribution >= 0.6 is 11.3 Å². The third kappa shape index (κ3) is 3.64. The van der Waals surface area contributed by atoms with Crippen molar-refractivity contribution in [2.45, 2.75) is 44.6 Å². The van der Waals surface area contributed by atoms with Crippen molar-refractivity contribution in [3.8, 4) is 0 Å². The third-order valence-corrected chi connectivity index (χ3v) is 6.36. The van der Waals surface area contributed by atoms with Crippen molar-refractivity contribution in [1.29, 1.82) is 0 Å². The smallest absolute Gasteiger partial charge is 0.430 e. The van der Waals surface area contributed by atoms with Gasteiger partial charge in [0.05, 0.1) is 12.2 Å². The molecule has 25 heavy (non-hydrogen) atoms.